The number of nitrogen functional groups attached to an aromatic ring is 1. The first-order chi connectivity index (χ1) is 9.95. The molecule has 0 saturated carbocycles. The van der Waals surface area contributed by atoms with E-state index in [0.717, 1.165) is 24.8 Å². The van der Waals surface area contributed by atoms with E-state index in [1.807, 2.05) is 6.07 Å². The van der Waals surface area contributed by atoms with E-state index in [9.17, 15) is 8.42 Å². The van der Waals surface area contributed by atoms with E-state index in [0.29, 0.717) is 16.4 Å². The SMILES string of the molecule is Nc1cc(Cl)ccc1NS(=O)(=O)c1ccc2c(c1)CCC2. The number of rotatable bonds is 3. The van der Waals surface area contributed by atoms with E-state index in [-0.39, 0.29) is 4.90 Å². The highest BCUT2D eigenvalue weighted by Gasteiger charge is 2.19. The Morgan fingerprint density at radius 2 is 1.81 bits per heavy atom. The standard InChI is InChI=1S/C15H15ClN2O2S/c16-12-5-7-15(14(17)9-12)18-21(19,20)13-6-4-10-2-1-3-11(10)8-13/h4-9,18H,1-3,17H2. The van der Waals surface area contributed by atoms with Gasteiger partial charge >= 0.3 is 0 Å². The van der Waals surface area contributed by atoms with Gasteiger partial charge in [0.2, 0.25) is 0 Å². The number of hydrogen-bond acceptors (Lipinski definition) is 3. The number of sulfonamides is 1. The Morgan fingerprint density at radius 1 is 1.05 bits per heavy atom. The minimum absolute atomic E-state index is 0.262. The maximum atomic E-state index is 12.4. The predicted molar refractivity (Wildman–Crippen MR) is 85.1 cm³/mol. The van der Waals surface area contributed by atoms with Crippen LogP contribution in [-0.2, 0) is 22.9 Å². The molecule has 1 aliphatic rings. The van der Waals surface area contributed by atoms with Crippen molar-refractivity contribution in [2.24, 2.45) is 0 Å². The first kappa shape index (κ1) is 14.2. The summed E-state index contributed by atoms with van der Waals surface area (Å²) < 4.78 is 27.4. The monoisotopic (exact) mass is 322 g/mol. The van der Waals surface area contributed by atoms with Gasteiger partial charge in [0.15, 0.2) is 0 Å². The first-order valence-corrected chi connectivity index (χ1v) is 8.51. The average molecular weight is 323 g/mol. The summed E-state index contributed by atoms with van der Waals surface area (Å²) in [6.45, 7) is 0. The van der Waals surface area contributed by atoms with Gasteiger partial charge in [0.25, 0.3) is 10.0 Å². The molecule has 0 atom stereocenters. The molecular formula is C15H15ClN2O2S. The van der Waals surface area contributed by atoms with Crippen molar-refractivity contribution in [3.63, 3.8) is 0 Å². The Hall–Kier alpha value is -1.72. The summed E-state index contributed by atoms with van der Waals surface area (Å²) >= 11 is 5.81. The molecule has 3 rings (SSSR count). The number of anilines is 2. The number of hydrogen-bond donors (Lipinski definition) is 2. The van der Waals surface area contributed by atoms with E-state index < -0.39 is 10.0 Å². The molecule has 21 heavy (non-hydrogen) atoms. The van der Waals surface area contributed by atoms with Crippen LogP contribution < -0.4 is 10.5 Å². The lowest BCUT2D eigenvalue weighted by atomic mass is 10.1. The lowest BCUT2D eigenvalue weighted by Gasteiger charge is -2.11. The number of benzene rings is 2. The molecule has 4 nitrogen and oxygen atoms in total. The fourth-order valence-electron chi connectivity index (χ4n) is 2.55. The minimum Gasteiger partial charge on any atom is -0.397 e. The van der Waals surface area contributed by atoms with Crippen LogP contribution in [0.1, 0.15) is 17.5 Å². The molecule has 0 aromatic heterocycles. The molecule has 6 heteroatoms. The second-order valence-electron chi connectivity index (χ2n) is 5.12. The van der Waals surface area contributed by atoms with Crippen LogP contribution in [0.2, 0.25) is 5.02 Å². The van der Waals surface area contributed by atoms with Crippen molar-refractivity contribution < 1.29 is 8.42 Å². The third-order valence-corrected chi connectivity index (χ3v) is 5.24. The van der Waals surface area contributed by atoms with Crippen molar-refractivity contribution in [1.29, 1.82) is 0 Å². The summed E-state index contributed by atoms with van der Waals surface area (Å²) in [5, 5.41) is 0.466. The van der Waals surface area contributed by atoms with Gasteiger partial charge in [-0.25, -0.2) is 8.42 Å². The van der Waals surface area contributed by atoms with Crippen LogP contribution in [0.25, 0.3) is 0 Å². The minimum atomic E-state index is -3.64. The molecule has 0 radical (unpaired) electrons. The molecule has 0 bridgehead atoms. The lowest BCUT2D eigenvalue weighted by molar-refractivity contribution is 0.601. The highest BCUT2D eigenvalue weighted by Crippen LogP contribution is 2.28. The summed E-state index contributed by atoms with van der Waals surface area (Å²) in [7, 11) is -3.64. The molecule has 0 spiro atoms. The normalized spacial score (nSPS) is 14.0. The van der Waals surface area contributed by atoms with Crippen LogP contribution in [0.3, 0.4) is 0 Å². The fraction of sp³-hybridized carbons (Fsp3) is 0.200. The summed E-state index contributed by atoms with van der Waals surface area (Å²) in [5.74, 6) is 0. The smallest absolute Gasteiger partial charge is 0.261 e. The number of nitrogens with one attached hydrogen (secondary N) is 1. The van der Waals surface area contributed by atoms with Crippen molar-refractivity contribution >= 4 is 33.0 Å². The molecule has 0 fully saturated rings. The molecule has 2 aromatic rings. The van der Waals surface area contributed by atoms with Gasteiger partial charge < -0.3 is 5.73 Å². The molecule has 0 saturated heterocycles. The van der Waals surface area contributed by atoms with E-state index in [1.54, 1.807) is 24.3 Å². The third-order valence-electron chi connectivity index (χ3n) is 3.64. The molecular weight excluding hydrogens is 308 g/mol. The Bertz CT molecular complexity index is 803. The molecule has 110 valence electrons. The Morgan fingerprint density at radius 3 is 2.57 bits per heavy atom. The molecule has 0 unspecified atom stereocenters. The summed E-state index contributed by atoms with van der Waals surface area (Å²) in [4.78, 5) is 0.262. The highest BCUT2D eigenvalue weighted by molar-refractivity contribution is 7.92. The van der Waals surface area contributed by atoms with E-state index in [2.05, 4.69) is 4.72 Å². The van der Waals surface area contributed by atoms with E-state index >= 15 is 0 Å². The van der Waals surface area contributed by atoms with Crippen molar-refractivity contribution in [1.82, 2.24) is 0 Å². The van der Waals surface area contributed by atoms with Gasteiger partial charge in [-0.3, -0.25) is 4.72 Å². The molecule has 0 heterocycles. The zero-order chi connectivity index (χ0) is 15.0. The maximum Gasteiger partial charge on any atom is 0.261 e. The van der Waals surface area contributed by atoms with Crippen LogP contribution in [0.4, 0.5) is 11.4 Å². The van der Waals surface area contributed by atoms with E-state index in [4.69, 9.17) is 17.3 Å². The van der Waals surface area contributed by atoms with Crippen molar-refractivity contribution in [3.8, 4) is 0 Å². The van der Waals surface area contributed by atoms with Gasteiger partial charge in [-0.1, -0.05) is 17.7 Å². The summed E-state index contributed by atoms with van der Waals surface area (Å²) in [5.41, 5.74) is 8.77. The molecule has 1 aliphatic carbocycles. The van der Waals surface area contributed by atoms with Gasteiger partial charge in [-0.05, 0) is 60.7 Å². The summed E-state index contributed by atoms with van der Waals surface area (Å²) in [6.07, 6.45) is 3.03. The van der Waals surface area contributed by atoms with Crippen LogP contribution >= 0.6 is 11.6 Å². The zero-order valence-electron chi connectivity index (χ0n) is 11.3. The third kappa shape index (κ3) is 2.84. The van der Waals surface area contributed by atoms with Gasteiger partial charge in [0.1, 0.15) is 0 Å². The molecule has 0 aliphatic heterocycles. The van der Waals surface area contributed by atoms with Gasteiger partial charge in [0.05, 0.1) is 16.3 Å². The molecule has 0 amide bonds. The predicted octanol–water partition coefficient (Wildman–Crippen LogP) is 3.21. The average Bonchev–Trinajstić information content (AvgIpc) is 2.89. The topological polar surface area (TPSA) is 72.2 Å². The first-order valence-electron chi connectivity index (χ1n) is 6.65. The number of fused-ring (bicyclic) bond motifs is 1. The lowest BCUT2D eigenvalue weighted by Crippen LogP contribution is -2.14. The van der Waals surface area contributed by atoms with Crippen molar-refractivity contribution in [3.05, 3.63) is 52.5 Å². The van der Waals surface area contributed by atoms with Crippen molar-refractivity contribution in [2.45, 2.75) is 24.2 Å². The van der Waals surface area contributed by atoms with Gasteiger partial charge in [-0.15, -0.1) is 0 Å². The molecule has 3 N–H and O–H groups in total. The zero-order valence-corrected chi connectivity index (χ0v) is 12.8. The number of halogens is 1. The maximum absolute atomic E-state index is 12.4. The number of nitrogens with two attached hydrogens (primary N) is 1. The fourth-order valence-corrected chi connectivity index (χ4v) is 3.86. The second-order valence-corrected chi connectivity index (χ2v) is 7.24. The van der Waals surface area contributed by atoms with Gasteiger partial charge in [-0.2, -0.15) is 0 Å². The Labute approximate surface area is 129 Å². The summed E-state index contributed by atoms with van der Waals surface area (Å²) in [6, 6.07) is 9.95. The van der Waals surface area contributed by atoms with Gasteiger partial charge in [0, 0.05) is 5.02 Å². The highest BCUT2D eigenvalue weighted by atomic mass is 35.5. The molecule has 2 aromatic carbocycles. The Balaban J connectivity index is 1.93. The van der Waals surface area contributed by atoms with E-state index in [1.165, 1.54) is 11.6 Å². The largest absolute Gasteiger partial charge is 0.397 e. The van der Waals surface area contributed by atoms with Crippen LogP contribution in [0.5, 0.6) is 0 Å². The second kappa shape index (κ2) is 5.24. The van der Waals surface area contributed by atoms with Crippen molar-refractivity contribution in [2.75, 3.05) is 10.5 Å². The quantitative estimate of drug-likeness (QED) is 0.852. The van der Waals surface area contributed by atoms with Crippen LogP contribution in [-0.4, -0.2) is 8.42 Å². The number of aryl methyl sites for hydroxylation is 2. The van der Waals surface area contributed by atoms with Crippen LogP contribution in [0.15, 0.2) is 41.3 Å². The van der Waals surface area contributed by atoms with Crippen LogP contribution in [0, 0.1) is 0 Å². The Kier molecular flexibility index (Phi) is 3.55.